The number of ether oxygens (including phenoxy) is 1. The Balaban J connectivity index is 1.98. The first-order chi connectivity index (χ1) is 12.7. The van der Waals surface area contributed by atoms with E-state index in [1.54, 1.807) is 24.3 Å². The van der Waals surface area contributed by atoms with Gasteiger partial charge in [0.1, 0.15) is 5.75 Å². The molecule has 0 fully saturated rings. The van der Waals surface area contributed by atoms with Gasteiger partial charge in [-0.05, 0) is 35.9 Å². The van der Waals surface area contributed by atoms with Gasteiger partial charge in [0, 0.05) is 20.6 Å². The topological polar surface area (TPSA) is 99.4 Å². The predicted molar refractivity (Wildman–Crippen MR) is 101 cm³/mol. The molecule has 8 nitrogen and oxygen atoms in total. The summed E-state index contributed by atoms with van der Waals surface area (Å²) < 4.78 is 35.3. The third kappa shape index (κ3) is 3.51. The van der Waals surface area contributed by atoms with Gasteiger partial charge in [-0.25, -0.2) is 13.1 Å². The SMILES string of the molecule is COc1cccc(CNS(=O)(=O)c2ccc3c(c2)n(C)c(=O)c(=O)n3C)c1. The Morgan fingerprint density at radius 1 is 0.963 bits per heavy atom. The van der Waals surface area contributed by atoms with E-state index < -0.39 is 21.1 Å². The molecule has 0 saturated heterocycles. The molecule has 0 aliphatic carbocycles. The van der Waals surface area contributed by atoms with E-state index in [1.165, 1.54) is 44.0 Å². The molecule has 0 radical (unpaired) electrons. The molecule has 0 saturated carbocycles. The normalized spacial score (nSPS) is 11.7. The van der Waals surface area contributed by atoms with Gasteiger partial charge in [0.2, 0.25) is 10.0 Å². The number of hydrogen-bond donors (Lipinski definition) is 1. The molecule has 3 rings (SSSR count). The van der Waals surface area contributed by atoms with Crippen molar-refractivity contribution in [2.45, 2.75) is 11.4 Å². The highest BCUT2D eigenvalue weighted by Gasteiger charge is 2.17. The number of sulfonamides is 1. The summed E-state index contributed by atoms with van der Waals surface area (Å²) in [6.45, 7) is 0.0871. The summed E-state index contributed by atoms with van der Waals surface area (Å²) >= 11 is 0. The van der Waals surface area contributed by atoms with E-state index in [0.717, 1.165) is 10.1 Å². The first-order valence-corrected chi connectivity index (χ1v) is 9.55. The van der Waals surface area contributed by atoms with Crippen LogP contribution in [-0.2, 0) is 30.7 Å². The van der Waals surface area contributed by atoms with Crippen molar-refractivity contribution >= 4 is 21.1 Å². The number of methoxy groups -OCH3 is 1. The molecule has 1 N–H and O–H groups in total. The standard InChI is InChI=1S/C18H19N3O5S/c1-20-15-8-7-14(10-16(15)21(2)18(23)17(20)22)27(24,25)19-11-12-5-4-6-13(9-12)26-3/h4-10,19H,11H2,1-3H3. The van der Waals surface area contributed by atoms with Crippen LogP contribution in [0.25, 0.3) is 11.0 Å². The van der Waals surface area contributed by atoms with Gasteiger partial charge < -0.3 is 13.9 Å². The molecule has 1 heterocycles. The Kier molecular flexibility index (Phi) is 4.90. The molecule has 2 aromatic carbocycles. The molecular formula is C18H19N3O5S. The number of hydrogen-bond acceptors (Lipinski definition) is 5. The first-order valence-electron chi connectivity index (χ1n) is 8.07. The van der Waals surface area contributed by atoms with Crippen LogP contribution in [0.3, 0.4) is 0 Å². The highest BCUT2D eigenvalue weighted by molar-refractivity contribution is 7.89. The van der Waals surface area contributed by atoms with Gasteiger partial charge in [0.05, 0.1) is 23.0 Å². The van der Waals surface area contributed by atoms with Crippen molar-refractivity contribution in [1.82, 2.24) is 13.9 Å². The maximum Gasteiger partial charge on any atom is 0.316 e. The summed E-state index contributed by atoms with van der Waals surface area (Å²) in [5.41, 5.74) is 0.175. The van der Waals surface area contributed by atoms with Gasteiger partial charge in [-0.2, -0.15) is 0 Å². The number of aryl methyl sites for hydroxylation is 2. The van der Waals surface area contributed by atoms with Gasteiger partial charge in [-0.1, -0.05) is 12.1 Å². The van der Waals surface area contributed by atoms with Crippen molar-refractivity contribution in [3.63, 3.8) is 0 Å². The highest BCUT2D eigenvalue weighted by atomic mass is 32.2. The molecule has 1 aromatic heterocycles. The number of aromatic nitrogens is 2. The molecule has 0 atom stereocenters. The van der Waals surface area contributed by atoms with E-state index >= 15 is 0 Å². The average Bonchev–Trinajstić information content (AvgIpc) is 2.68. The number of fused-ring (bicyclic) bond motifs is 1. The summed E-state index contributed by atoms with van der Waals surface area (Å²) in [5.74, 6) is 0.633. The van der Waals surface area contributed by atoms with Crippen molar-refractivity contribution in [2.24, 2.45) is 14.1 Å². The van der Waals surface area contributed by atoms with Crippen LogP contribution in [0.15, 0.2) is 56.9 Å². The summed E-state index contributed by atoms with van der Waals surface area (Å²) in [4.78, 5) is 23.9. The van der Waals surface area contributed by atoms with Crippen molar-refractivity contribution in [3.05, 3.63) is 68.7 Å². The van der Waals surface area contributed by atoms with Crippen LogP contribution in [0, 0.1) is 0 Å². The molecule has 27 heavy (non-hydrogen) atoms. The number of benzene rings is 2. The zero-order valence-electron chi connectivity index (χ0n) is 15.1. The zero-order chi connectivity index (χ0) is 19.8. The van der Waals surface area contributed by atoms with Gasteiger partial charge in [0.25, 0.3) is 0 Å². The van der Waals surface area contributed by atoms with Crippen LogP contribution in [0.5, 0.6) is 5.75 Å². The maximum absolute atomic E-state index is 12.7. The lowest BCUT2D eigenvalue weighted by atomic mass is 10.2. The molecular weight excluding hydrogens is 370 g/mol. The largest absolute Gasteiger partial charge is 0.497 e. The lowest BCUT2D eigenvalue weighted by molar-refractivity contribution is 0.414. The fourth-order valence-electron chi connectivity index (χ4n) is 2.77. The third-order valence-corrected chi connectivity index (χ3v) is 5.77. The number of rotatable bonds is 5. The quantitative estimate of drug-likeness (QED) is 0.649. The van der Waals surface area contributed by atoms with E-state index in [-0.39, 0.29) is 11.4 Å². The van der Waals surface area contributed by atoms with E-state index in [1.807, 2.05) is 0 Å². The van der Waals surface area contributed by atoms with Crippen molar-refractivity contribution in [1.29, 1.82) is 0 Å². The Labute approximate surface area is 155 Å². The van der Waals surface area contributed by atoms with Gasteiger partial charge >= 0.3 is 11.1 Å². The monoisotopic (exact) mass is 389 g/mol. The van der Waals surface area contributed by atoms with E-state index in [2.05, 4.69) is 4.72 Å². The van der Waals surface area contributed by atoms with Crippen LogP contribution in [-0.4, -0.2) is 24.7 Å². The molecule has 9 heteroatoms. The second-order valence-electron chi connectivity index (χ2n) is 6.05. The number of nitrogens with zero attached hydrogens (tertiary/aromatic N) is 2. The van der Waals surface area contributed by atoms with Gasteiger partial charge in [-0.15, -0.1) is 0 Å². The van der Waals surface area contributed by atoms with Crippen molar-refractivity contribution < 1.29 is 13.2 Å². The molecule has 0 aliphatic rings. The lowest BCUT2D eigenvalue weighted by Gasteiger charge is -2.12. The molecule has 3 aromatic rings. The molecule has 0 aliphatic heterocycles. The smallest absolute Gasteiger partial charge is 0.316 e. The van der Waals surface area contributed by atoms with Gasteiger partial charge in [-0.3, -0.25) is 9.59 Å². The van der Waals surface area contributed by atoms with E-state index in [9.17, 15) is 18.0 Å². The highest BCUT2D eigenvalue weighted by Crippen LogP contribution is 2.18. The average molecular weight is 389 g/mol. The molecule has 142 valence electrons. The number of nitrogens with one attached hydrogen (secondary N) is 1. The van der Waals surface area contributed by atoms with E-state index in [4.69, 9.17) is 4.74 Å². The van der Waals surface area contributed by atoms with Crippen LogP contribution in [0.1, 0.15) is 5.56 Å². The molecule has 0 unspecified atom stereocenters. The van der Waals surface area contributed by atoms with Crippen molar-refractivity contribution in [3.8, 4) is 5.75 Å². The predicted octanol–water partition coefficient (Wildman–Crippen LogP) is 0.724. The van der Waals surface area contributed by atoms with Crippen LogP contribution >= 0.6 is 0 Å². The summed E-state index contributed by atoms with van der Waals surface area (Å²) in [6.07, 6.45) is 0. The maximum atomic E-state index is 12.7. The lowest BCUT2D eigenvalue weighted by Crippen LogP contribution is -2.39. The van der Waals surface area contributed by atoms with Crippen LogP contribution in [0.2, 0.25) is 0 Å². The molecule has 0 amide bonds. The first kappa shape index (κ1) is 18.9. The summed E-state index contributed by atoms with van der Waals surface area (Å²) in [5, 5.41) is 0. The van der Waals surface area contributed by atoms with Gasteiger partial charge in [0.15, 0.2) is 0 Å². The molecule has 0 bridgehead atoms. The summed E-state index contributed by atoms with van der Waals surface area (Å²) in [6, 6.07) is 11.4. The fourth-order valence-corrected chi connectivity index (χ4v) is 3.81. The van der Waals surface area contributed by atoms with E-state index in [0.29, 0.717) is 16.8 Å². The Morgan fingerprint density at radius 3 is 2.30 bits per heavy atom. The Morgan fingerprint density at radius 2 is 1.63 bits per heavy atom. The second kappa shape index (κ2) is 7.01. The summed E-state index contributed by atoms with van der Waals surface area (Å²) in [7, 11) is 0.632. The minimum absolute atomic E-state index is 0.00606. The third-order valence-electron chi connectivity index (χ3n) is 4.37. The second-order valence-corrected chi connectivity index (χ2v) is 7.82. The minimum atomic E-state index is -3.82. The Bertz CT molecular complexity index is 1240. The Hall–Kier alpha value is -2.91. The molecule has 0 spiro atoms. The zero-order valence-corrected chi connectivity index (χ0v) is 15.9. The van der Waals surface area contributed by atoms with Crippen LogP contribution < -0.4 is 20.6 Å². The minimum Gasteiger partial charge on any atom is -0.497 e. The van der Waals surface area contributed by atoms with Crippen molar-refractivity contribution in [2.75, 3.05) is 7.11 Å². The van der Waals surface area contributed by atoms with Crippen LogP contribution in [0.4, 0.5) is 0 Å². The fraction of sp³-hybridized carbons (Fsp3) is 0.222.